The van der Waals surface area contributed by atoms with Gasteiger partial charge in [-0.15, -0.1) is 20.5 Å². The summed E-state index contributed by atoms with van der Waals surface area (Å²) in [5, 5.41) is 15.3. The fourth-order valence-electron chi connectivity index (χ4n) is 6.46. The molecule has 8 aromatic rings. The Morgan fingerprint density at radius 3 is 1.11 bits per heavy atom. The van der Waals surface area contributed by atoms with Crippen LogP contribution in [0.2, 0.25) is 0 Å². The summed E-state index contributed by atoms with van der Waals surface area (Å²) in [6, 6.07) is 50.7. The third kappa shape index (κ3) is 9.55. The van der Waals surface area contributed by atoms with Gasteiger partial charge in [-0.2, -0.15) is 9.13 Å². The largest absolute Gasteiger partial charge is 0.293 e. The molecular formula is C39H32Cl2N6O8. The lowest BCUT2D eigenvalue weighted by Crippen LogP contribution is -2.68. The first kappa shape index (κ1) is 39.1. The Kier molecular flexibility index (Phi) is 11.7. The molecule has 16 heteroatoms. The van der Waals surface area contributed by atoms with Crippen LogP contribution < -0.4 is 46.4 Å². The molecule has 0 aliphatic carbocycles. The van der Waals surface area contributed by atoms with E-state index in [2.05, 4.69) is 156 Å². The monoisotopic (exact) mass is 782 g/mol. The van der Waals surface area contributed by atoms with Crippen molar-refractivity contribution < 1.29 is 66.9 Å². The van der Waals surface area contributed by atoms with Crippen molar-refractivity contribution in [1.82, 2.24) is 19.6 Å². The summed E-state index contributed by atoms with van der Waals surface area (Å²) in [6.07, 6.45) is 0.508. The molecule has 0 amide bonds. The molecule has 0 saturated heterocycles. The zero-order valence-electron chi connectivity index (χ0n) is 29.3. The second-order valence-electron chi connectivity index (χ2n) is 12.0. The van der Waals surface area contributed by atoms with Crippen LogP contribution in [-0.4, -0.2) is 19.6 Å². The van der Waals surface area contributed by atoms with Crippen molar-refractivity contribution >= 4 is 21.5 Å². The molecule has 14 nitrogen and oxygen atoms in total. The van der Waals surface area contributed by atoms with Crippen molar-refractivity contribution in [3.8, 4) is 22.7 Å². The summed E-state index contributed by atoms with van der Waals surface area (Å²) in [5.74, 6) is 3.84. The predicted molar refractivity (Wildman–Crippen MR) is 177 cm³/mol. The molecule has 280 valence electrons. The van der Waals surface area contributed by atoms with E-state index in [4.69, 9.17) is 47.5 Å². The Hall–Kier alpha value is -5.62. The Morgan fingerprint density at radius 2 is 0.745 bits per heavy atom. The Morgan fingerprint density at radius 1 is 0.436 bits per heavy atom. The van der Waals surface area contributed by atoms with Gasteiger partial charge in [-0.1, -0.05) is 119 Å². The first-order valence-corrected chi connectivity index (χ1v) is 19.0. The van der Waals surface area contributed by atoms with Gasteiger partial charge in [-0.3, -0.25) is 0 Å². The molecule has 6 aromatic carbocycles. The summed E-state index contributed by atoms with van der Waals surface area (Å²) >= 11 is 0. The topological polar surface area (TPSA) is 228 Å². The first-order chi connectivity index (χ1) is 26.2. The Labute approximate surface area is 319 Å². The second kappa shape index (κ2) is 16.4. The van der Waals surface area contributed by atoms with Gasteiger partial charge in [0.2, 0.25) is 11.6 Å². The van der Waals surface area contributed by atoms with E-state index < -0.39 is 20.5 Å². The zero-order valence-corrected chi connectivity index (χ0v) is 30.8. The number of hydrogen-bond acceptors (Lipinski definition) is 10. The van der Waals surface area contributed by atoms with Crippen LogP contribution in [0.4, 0.5) is 0 Å². The Bertz CT molecular complexity index is 2360. The lowest BCUT2D eigenvalue weighted by molar-refractivity contribution is -2.00. The van der Waals surface area contributed by atoms with Crippen LogP contribution in [0.1, 0.15) is 23.3 Å². The quantitative estimate of drug-likeness (QED) is 0.163. The molecule has 0 unspecified atom stereocenters. The van der Waals surface area contributed by atoms with Crippen molar-refractivity contribution in [3.63, 3.8) is 0 Å². The summed E-state index contributed by atoms with van der Waals surface area (Å²) in [4.78, 5) is 0. The van der Waals surface area contributed by atoms with Crippen molar-refractivity contribution in [1.29, 1.82) is 0 Å². The van der Waals surface area contributed by atoms with Crippen molar-refractivity contribution in [3.05, 3.63) is 169 Å². The average Bonchev–Trinajstić information content (AvgIpc) is 3.65. The summed E-state index contributed by atoms with van der Waals surface area (Å²) in [6.45, 7) is 4.27. The van der Waals surface area contributed by atoms with Gasteiger partial charge >= 0.3 is 0 Å². The highest BCUT2D eigenvalue weighted by Gasteiger charge is 2.33. The van der Waals surface area contributed by atoms with Gasteiger partial charge in [0.1, 0.15) is 29.2 Å². The van der Waals surface area contributed by atoms with E-state index in [1.54, 1.807) is 0 Å². The molecule has 0 fully saturated rings. The third-order valence-electron chi connectivity index (χ3n) is 8.54. The van der Waals surface area contributed by atoms with E-state index >= 15 is 0 Å². The SMILES string of the molecule is Cc1n(-c2ccccc2)nc(Cc2nn(-c3ccccc3)c(C)[n+]2-c2cccc3ccccc23)[n+]1-c1cccc2ccccc12.[O-][Cl+3]([O-])([O-])[O-].[O-][Cl+3]([O-])([O-])[O-]. The third-order valence-corrected chi connectivity index (χ3v) is 8.54. The molecule has 2 heterocycles. The predicted octanol–water partition coefficient (Wildman–Crippen LogP) is -2.39. The average molecular weight is 784 g/mol. The van der Waals surface area contributed by atoms with Crippen LogP contribution in [0, 0.1) is 34.3 Å². The van der Waals surface area contributed by atoms with Gasteiger partial charge in [0.05, 0.1) is 0 Å². The highest BCUT2D eigenvalue weighted by atomic mass is 35.7. The van der Waals surface area contributed by atoms with E-state index in [-0.39, 0.29) is 0 Å². The molecule has 8 rings (SSSR count). The maximum Gasteiger partial charge on any atom is 0.293 e. The van der Waals surface area contributed by atoms with E-state index in [0.29, 0.717) is 6.42 Å². The van der Waals surface area contributed by atoms with E-state index in [9.17, 15) is 0 Å². The normalized spacial score (nSPS) is 11.5. The smallest absolute Gasteiger partial charge is 0.222 e. The minimum Gasteiger partial charge on any atom is -0.222 e. The minimum atomic E-state index is -4.94. The summed E-state index contributed by atoms with van der Waals surface area (Å²) in [5.41, 5.74) is 4.23. The summed E-state index contributed by atoms with van der Waals surface area (Å²) < 4.78 is 76.6. The number of aromatic nitrogens is 6. The minimum absolute atomic E-state index is 0.508. The van der Waals surface area contributed by atoms with E-state index in [1.807, 2.05) is 21.5 Å². The van der Waals surface area contributed by atoms with Crippen LogP contribution in [0.3, 0.4) is 0 Å². The maximum absolute atomic E-state index is 8.49. The molecule has 0 N–H and O–H groups in total. The molecule has 0 radical (unpaired) electrons. The fraction of sp³-hybridized carbons (Fsp3) is 0.0769. The molecular weight excluding hydrogens is 751 g/mol. The standard InChI is InChI=1S/C39H32N6.2ClHO4/c1-28-42(36-25-13-17-30-15-9-11-23-34(30)36)38(40-44(28)32-19-5-3-6-20-32)27-39-41-45(33-21-7-4-8-22-33)29(2)43(39)37-26-14-18-31-16-10-12-24-35(31)37;2*2-1(3,4)5/h3-26H,27H2,1-2H3;2*(H,2,3,4,5)/q+2;;/p-2. The van der Waals surface area contributed by atoms with Crippen LogP contribution >= 0.6 is 0 Å². The number of para-hydroxylation sites is 2. The molecule has 55 heavy (non-hydrogen) atoms. The maximum atomic E-state index is 8.49. The van der Waals surface area contributed by atoms with E-state index in [0.717, 1.165) is 46.0 Å². The molecule has 2 aromatic heterocycles. The second-order valence-corrected chi connectivity index (χ2v) is 13.5. The molecule has 0 atom stereocenters. The molecule has 0 aliphatic heterocycles. The van der Waals surface area contributed by atoms with Crippen LogP contribution in [0.15, 0.2) is 146 Å². The van der Waals surface area contributed by atoms with E-state index in [1.165, 1.54) is 21.5 Å². The van der Waals surface area contributed by atoms with Crippen LogP contribution in [0.25, 0.3) is 44.3 Å². The van der Waals surface area contributed by atoms with Gasteiger partial charge in [0.25, 0.3) is 11.6 Å². The van der Waals surface area contributed by atoms with Gasteiger partial charge in [-0.05, 0) is 47.2 Å². The van der Waals surface area contributed by atoms with Crippen LogP contribution in [-0.2, 0) is 6.42 Å². The van der Waals surface area contributed by atoms with Crippen molar-refractivity contribution in [2.75, 3.05) is 0 Å². The van der Waals surface area contributed by atoms with Gasteiger partial charge < -0.3 is 0 Å². The Balaban J connectivity index is 0.000000459. The first-order valence-electron chi connectivity index (χ1n) is 16.5. The number of rotatable bonds is 6. The van der Waals surface area contributed by atoms with Gasteiger partial charge in [0, 0.05) is 34.8 Å². The van der Waals surface area contributed by atoms with Crippen LogP contribution in [0.5, 0.6) is 0 Å². The molecule has 0 spiro atoms. The molecule has 0 saturated carbocycles. The number of benzene rings is 6. The zero-order chi connectivity index (χ0) is 39.3. The molecule has 0 bridgehead atoms. The fourth-order valence-corrected chi connectivity index (χ4v) is 6.46. The number of fused-ring (bicyclic) bond motifs is 2. The number of nitrogens with zero attached hydrogens (tertiary/aromatic N) is 6. The summed E-state index contributed by atoms with van der Waals surface area (Å²) in [7, 11) is -9.89. The molecule has 0 aliphatic rings. The van der Waals surface area contributed by atoms with Crippen molar-refractivity contribution in [2.24, 2.45) is 0 Å². The van der Waals surface area contributed by atoms with Gasteiger partial charge in [-0.25, -0.2) is 37.3 Å². The van der Waals surface area contributed by atoms with Crippen molar-refractivity contribution in [2.45, 2.75) is 20.3 Å². The highest BCUT2D eigenvalue weighted by Crippen LogP contribution is 2.23. The van der Waals surface area contributed by atoms with Gasteiger partial charge in [0.15, 0.2) is 0 Å². The number of hydrogen-bond donors (Lipinski definition) is 0. The lowest BCUT2D eigenvalue weighted by Gasteiger charge is -2.17. The number of halogens is 2. The lowest BCUT2D eigenvalue weighted by atomic mass is 10.1. The highest BCUT2D eigenvalue weighted by molar-refractivity contribution is 5.89.